The van der Waals surface area contributed by atoms with Gasteiger partial charge in [-0.3, -0.25) is 14.4 Å². The second-order valence-corrected chi connectivity index (χ2v) is 8.51. The van der Waals surface area contributed by atoms with Crippen molar-refractivity contribution in [3.63, 3.8) is 0 Å². The molecule has 1 amide bonds. The van der Waals surface area contributed by atoms with Gasteiger partial charge in [-0.15, -0.1) is 0 Å². The topological polar surface area (TPSA) is 101 Å². The second kappa shape index (κ2) is 7.44. The fourth-order valence-corrected chi connectivity index (χ4v) is 5.09. The minimum absolute atomic E-state index is 0.00327. The lowest BCUT2D eigenvalue weighted by molar-refractivity contribution is -0.129. The Morgan fingerprint density at radius 2 is 1.97 bits per heavy atom. The summed E-state index contributed by atoms with van der Waals surface area (Å²) < 4.78 is 1.42. The summed E-state index contributed by atoms with van der Waals surface area (Å²) in [5.74, 6) is 1.03. The lowest BCUT2D eigenvalue weighted by Gasteiger charge is -2.25. The molecule has 0 unspecified atom stereocenters. The highest BCUT2D eigenvalue weighted by atomic mass is 16.2. The lowest BCUT2D eigenvalue weighted by atomic mass is 9.80. The molecule has 2 aliphatic rings. The van der Waals surface area contributed by atoms with Gasteiger partial charge in [-0.2, -0.15) is 5.10 Å². The molecule has 1 N–H and O–H groups in total. The van der Waals surface area contributed by atoms with Gasteiger partial charge in [0.25, 0.3) is 11.1 Å². The van der Waals surface area contributed by atoms with Crippen LogP contribution in [0.2, 0.25) is 0 Å². The van der Waals surface area contributed by atoms with Gasteiger partial charge in [0.05, 0.1) is 23.2 Å². The Labute approximate surface area is 178 Å². The molecule has 1 fully saturated rings. The minimum Gasteiger partial charge on any atom is -0.341 e. The van der Waals surface area contributed by atoms with Crippen molar-refractivity contribution >= 4 is 16.7 Å². The average molecular weight is 419 g/mol. The maximum atomic E-state index is 13.2. The first-order valence-electron chi connectivity index (χ1n) is 10.8. The quantitative estimate of drug-likeness (QED) is 0.694. The van der Waals surface area contributed by atoms with E-state index < -0.39 is 0 Å². The van der Waals surface area contributed by atoms with Crippen LogP contribution in [-0.4, -0.2) is 43.6 Å². The van der Waals surface area contributed by atoms with Gasteiger partial charge in [-0.1, -0.05) is 18.2 Å². The van der Waals surface area contributed by atoms with Crippen LogP contribution in [0.1, 0.15) is 42.0 Å². The Balaban J connectivity index is 1.44. The van der Waals surface area contributed by atoms with E-state index in [1.54, 1.807) is 13.0 Å². The van der Waals surface area contributed by atoms with Gasteiger partial charge in [0.15, 0.2) is 0 Å². The fraction of sp³-hybridized carbons (Fsp3) is 0.435. The molecular weight excluding hydrogens is 394 g/mol. The maximum absolute atomic E-state index is 13.2. The molecule has 1 saturated heterocycles. The number of hydrogen-bond donors (Lipinski definition) is 1. The van der Waals surface area contributed by atoms with Crippen LogP contribution in [0.15, 0.2) is 33.9 Å². The van der Waals surface area contributed by atoms with E-state index in [1.807, 2.05) is 30.0 Å². The third-order valence-corrected chi connectivity index (χ3v) is 6.64. The van der Waals surface area contributed by atoms with Crippen molar-refractivity contribution in [3.05, 3.63) is 67.7 Å². The molecule has 0 bridgehead atoms. The molecule has 1 aliphatic carbocycles. The molecule has 0 spiro atoms. The molecule has 3 aromatic rings. The highest BCUT2D eigenvalue weighted by molar-refractivity contribution is 5.88. The number of likely N-dealkylation sites (tertiary alicyclic amines) is 1. The van der Waals surface area contributed by atoms with Crippen molar-refractivity contribution < 1.29 is 4.79 Å². The standard InChI is InChI=1S/C23H25N5O3/c1-3-28-23(31)16-7-5-4-6-15(16)19(26-28)10-20(29)27-11-14-8-9-17-21(18(14)12-27)24-13(2)25-22(17)30/h4-7,14,18H,3,8-12H2,1-2H3,(H,24,25,30)/t14-,18+/m1/s1. The van der Waals surface area contributed by atoms with Gasteiger partial charge in [0.1, 0.15) is 5.82 Å². The largest absolute Gasteiger partial charge is 0.341 e. The Kier molecular flexibility index (Phi) is 4.72. The molecule has 2 atom stereocenters. The van der Waals surface area contributed by atoms with Gasteiger partial charge < -0.3 is 9.88 Å². The minimum atomic E-state index is -0.134. The summed E-state index contributed by atoms with van der Waals surface area (Å²) in [5, 5.41) is 5.80. The number of aromatic amines is 1. The number of aromatic nitrogens is 4. The Hall–Kier alpha value is -3.29. The Morgan fingerprint density at radius 3 is 2.74 bits per heavy atom. The van der Waals surface area contributed by atoms with Crippen molar-refractivity contribution in [2.45, 2.75) is 45.6 Å². The van der Waals surface area contributed by atoms with E-state index in [2.05, 4.69) is 15.1 Å². The molecule has 2 aromatic heterocycles. The number of benzene rings is 1. The first-order valence-corrected chi connectivity index (χ1v) is 10.8. The van der Waals surface area contributed by atoms with Crippen molar-refractivity contribution in [3.8, 4) is 0 Å². The van der Waals surface area contributed by atoms with Crippen LogP contribution in [0.25, 0.3) is 10.8 Å². The molecule has 0 saturated carbocycles. The van der Waals surface area contributed by atoms with Crippen molar-refractivity contribution in [1.82, 2.24) is 24.6 Å². The Morgan fingerprint density at radius 1 is 1.19 bits per heavy atom. The summed E-state index contributed by atoms with van der Waals surface area (Å²) >= 11 is 0. The molecule has 1 aromatic carbocycles. The van der Waals surface area contributed by atoms with Crippen LogP contribution in [0.4, 0.5) is 0 Å². The summed E-state index contributed by atoms with van der Waals surface area (Å²) in [6.07, 6.45) is 1.74. The third-order valence-electron chi connectivity index (χ3n) is 6.64. The van der Waals surface area contributed by atoms with Crippen LogP contribution in [0.3, 0.4) is 0 Å². The number of H-pyrrole nitrogens is 1. The SMILES string of the molecule is CCn1nc(CC(=O)N2C[C@H]3CCc4c(nc(C)[nH]c4=O)[C@H]3C2)c2ccccc2c1=O. The summed E-state index contributed by atoms with van der Waals surface area (Å²) in [4.78, 5) is 47.4. The zero-order valence-corrected chi connectivity index (χ0v) is 17.7. The monoisotopic (exact) mass is 419 g/mol. The zero-order chi connectivity index (χ0) is 21.7. The molecule has 160 valence electrons. The van der Waals surface area contributed by atoms with Gasteiger partial charge >= 0.3 is 0 Å². The number of carbonyl (C=O) groups is 1. The maximum Gasteiger partial charge on any atom is 0.274 e. The summed E-state index contributed by atoms with van der Waals surface area (Å²) in [6.45, 7) is 5.35. The molecule has 5 rings (SSSR count). The van der Waals surface area contributed by atoms with Crippen LogP contribution in [-0.2, 0) is 24.2 Å². The van der Waals surface area contributed by atoms with Crippen LogP contribution < -0.4 is 11.1 Å². The van der Waals surface area contributed by atoms with E-state index in [4.69, 9.17) is 0 Å². The van der Waals surface area contributed by atoms with Gasteiger partial charge in [-0.25, -0.2) is 9.67 Å². The van der Waals surface area contributed by atoms with E-state index in [0.717, 1.165) is 23.1 Å². The summed E-state index contributed by atoms with van der Waals surface area (Å²) in [7, 11) is 0. The predicted molar refractivity (Wildman–Crippen MR) is 116 cm³/mol. The third kappa shape index (κ3) is 3.26. The summed E-state index contributed by atoms with van der Waals surface area (Å²) in [6, 6.07) is 7.33. The number of nitrogens with one attached hydrogen (secondary N) is 1. The molecular formula is C23H25N5O3. The molecule has 31 heavy (non-hydrogen) atoms. The van der Waals surface area contributed by atoms with Crippen molar-refractivity contribution in [2.75, 3.05) is 13.1 Å². The van der Waals surface area contributed by atoms with Crippen LogP contribution in [0, 0.1) is 12.8 Å². The molecule has 8 nitrogen and oxygen atoms in total. The Bertz CT molecular complexity index is 1310. The van der Waals surface area contributed by atoms with E-state index in [9.17, 15) is 14.4 Å². The first-order chi connectivity index (χ1) is 15.0. The lowest BCUT2D eigenvalue weighted by Crippen LogP contribution is -2.32. The van der Waals surface area contributed by atoms with Crippen LogP contribution in [0.5, 0.6) is 0 Å². The number of nitrogens with zero attached hydrogens (tertiary/aromatic N) is 4. The van der Waals surface area contributed by atoms with Crippen molar-refractivity contribution in [2.24, 2.45) is 5.92 Å². The highest BCUT2D eigenvalue weighted by Crippen LogP contribution is 2.39. The number of carbonyl (C=O) groups excluding carboxylic acids is 1. The zero-order valence-electron chi connectivity index (χ0n) is 17.7. The predicted octanol–water partition coefficient (Wildman–Crippen LogP) is 1.54. The second-order valence-electron chi connectivity index (χ2n) is 8.51. The van der Waals surface area contributed by atoms with Gasteiger partial charge in [0, 0.05) is 36.5 Å². The number of aryl methyl sites for hydroxylation is 2. The summed E-state index contributed by atoms with van der Waals surface area (Å²) in [5.41, 5.74) is 2.07. The smallest absolute Gasteiger partial charge is 0.274 e. The van der Waals surface area contributed by atoms with Crippen molar-refractivity contribution in [1.29, 1.82) is 0 Å². The fourth-order valence-electron chi connectivity index (χ4n) is 5.09. The van der Waals surface area contributed by atoms with E-state index >= 15 is 0 Å². The van der Waals surface area contributed by atoms with Gasteiger partial charge in [-0.05, 0) is 38.7 Å². The van der Waals surface area contributed by atoms with E-state index in [0.29, 0.717) is 48.9 Å². The van der Waals surface area contributed by atoms with Gasteiger partial charge in [0.2, 0.25) is 5.91 Å². The number of fused-ring (bicyclic) bond motifs is 4. The number of amides is 1. The van der Waals surface area contributed by atoms with Crippen LogP contribution >= 0.6 is 0 Å². The average Bonchev–Trinajstić information content (AvgIpc) is 3.21. The molecule has 3 heterocycles. The highest BCUT2D eigenvalue weighted by Gasteiger charge is 2.41. The number of hydrogen-bond acceptors (Lipinski definition) is 5. The molecule has 8 heteroatoms. The molecule has 0 radical (unpaired) electrons. The first kappa shape index (κ1) is 19.7. The van der Waals surface area contributed by atoms with E-state index in [-0.39, 0.29) is 29.4 Å². The normalized spacial score (nSPS) is 20.0. The van der Waals surface area contributed by atoms with E-state index in [1.165, 1.54) is 4.68 Å². The molecule has 1 aliphatic heterocycles. The number of rotatable bonds is 3.